The number of esters is 1. The summed E-state index contributed by atoms with van der Waals surface area (Å²) in [6, 6.07) is -1.32. The Morgan fingerprint density at radius 2 is 2.10 bits per heavy atom. The molecule has 0 radical (unpaired) electrons. The van der Waals surface area contributed by atoms with E-state index >= 15 is 0 Å². The van der Waals surface area contributed by atoms with Crippen LogP contribution in [0.5, 0.6) is 0 Å². The van der Waals surface area contributed by atoms with Gasteiger partial charge in [0.15, 0.2) is 6.04 Å². The lowest BCUT2D eigenvalue weighted by atomic mass is 10.1. The molecule has 1 aliphatic rings. The minimum Gasteiger partial charge on any atom is -0.467 e. The van der Waals surface area contributed by atoms with Gasteiger partial charge in [0, 0.05) is 0 Å². The standard InChI is InChI=1S/C14H23NO5/c1-14(2,3)20-13(18)15(10-7-5-6-8-10)11(9-16)12(17)19-4/h5,7,10-11,16H,6,8-9H2,1-4H3. The van der Waals surface area contributed by atoms with Crippen molar-refractivity contribution in [1.29, 1.82) is 0 Å². The predicted molar refractivity (Wildman–Crippen MR) is 73.1 cm³/mol. The number of aliphatic hydroxyl groups excluding tert-OH is 1. The van der Waals surface area contributed by atoms with Crippen molar-refractivity contribution in [1.82, 2.24) is 4.90 Å². The van der Waals surface area contributed by atoms with Crippen LogP contribution in [0.2, 0.25) is 0 Å². The molecule has 6 nitrogen and oxygen atoms in total. The van der Waals surface area contributed by atoms with Crippen LogP contribution in [0.1, 0.15) is 33.6 Å². The van der Waals surface area contributed by atoms with Crippen molar-refractivity contribution < 1.29 is 24.2 Å². The normalized spacial score (nSPS) is 19.6. The molecular weight excluding hydrogens is 262 g/mol. The molecule has 0 bridgehead atoms. The summed E-state index contributed by atoms with van der Waals surface area (Å²) in [5.74, 6) is -0.654. The van der Waals surface area contributed by atoms with Crippen molar-refractivity contribution in [3.05, 3.63) is 12.2 Å². The molecule has 0 saturated heterocycles. The van der Waals surface area contributed by atoms with E-state index in [2.05, 4.69) is 4.74 Å². The number of hydrogen-bond donors (Lipinski definition) is 1. The number of amides is 1. The molecule has 1 rings (SSSR count). The lowest BCUT2D eigenvalue weighted by Gasteiger charge is -2.34. The number of allylic oxidation sites excluding steroid dienone is 1. The number of carbonyl (C=O) groups is 2. The molecule has 20 heavy (non-hydrogen) atoms. The number of nitrogens with zero attached hydrogens (tertiary/aromatic N) is 1. The van der Waals surface area contributed by atoms with Gasteiger partial charge in [0.1, 0.15) is 5.60 Å². The minimum absolute atomic E-state index is 0.263. The Bertz CT molecular complexity index is 386. The van der Waals surface area contributed by atoms with Crippen LogP contribution in [0.4, 0.5) is 4.79 Å². The van der Waals surface area contributed by atoms with Gasteiger partial charge in [-0.2, -0.15) is 0 Å². The van der Waals surface area contributed by atoms with Gasteiger partial charge >= 0.3 is 12.1 Å². The first-order chi connectivity index (χ1) is 9.30. The molecule has 1 aliphatic carbocycles. The SMILES string of the molecule is COC(=O)C(CO)N(C(=O)OC(C)(C)C)C1C=CCC1. The lowest BCUT2D eigenvalue weighted by Crippen LogP contribution is -2.53. The molecule has 0 saturated carbocycles. The average Bonchev–Trinajstić information content (AvgIpc) is 2.85. The van der Waals surface area contributed by atoms with E-state index in [0.717, 1.165) is 6.42 Å². The zero-order valence-electron chi connectivity index (χ0n) is 12.5. The fourth-order valence-corrected chi connectivity index (χ4v) is 2.07. The van der Waals surface area contributed by atoms with Crippen LogP contribution < -0.4 is 0 Å². The summed E-state index contributed by atoms with van der Waals surface area (Å²) in [5.41, 5.74) is -0.673. The van der Waals surface area contributed by atoms with Crippen LogP contribution in [0, 0.1) is 0 Å². The zero-order chi connectivity index (χ0) is 15.3. The van der Waals surface area contributed by atoms with E-state index in [4.69, 9.17) is 4.74 Å². The van der Waals surface area contributed by atoms with E-state index < -0.39 is 30.3 Å². The van der Waals surface area contributed by atoms with Gasteiger partial charge in [0.2, 0.25) is 0 Å². The Hall–Kier alpha value is -1.56. The number of methoxy groups -OCH3 is 1. The highest BCUT2D eigenvalue weighted by atomic mass is 16.6. The van der Waals surface area contributed by atoms with Gasteiger partial charge in [-0.1, -0.05) is 12.2 Å². The van der Waals surface area contributed by atoms with Crippen LogP contribution in [0.25, 0.3) is 0 Å². The predicted octanol–water partition coefficient (Wildman–Crippen LogP) is 1.48. The third-order valence-electron chi connectivity index (χ3n) is 2.93. The third kappa shape index (κ3) is 4.23. The quantitative estimate of drug-likeness (QED) is 0.625. The Morgan fingerprint density at radius 1 is 1.45 bits per heavy atom. The molecule has 0 aromatic heterocycles. The van der Waals surface area contributed by atoms with Crippen LogP contribution in [0.15, 0.2) is 12.2 Å². The average molecular weight is 285 g/mol. The molecule has 1 amide bonds. The maximum absolute atomic E-state index is 12.3. The van der Waals surface area contributed by atoms with Gasteiger partial charge in [-0.25, -0.2) is 9.59 Å². The fourth-order valence-electron chi connectivity index (χ4n) is 2.07. The summed E-state index contributed by atoms with van der Waals surface area (Å²) in [6.45, 7) is 4.75. The van der Waals surface area contributed by atoms with Crippen molar-refractivity contribution in [2.45, 2.75) is 51.3 Å². The fraction of sp³-hybridized carbons (Fsp3) is 0.714. The first-order valence-electron chi connectivity index (χ1n) is 6.67. The van der Waals surface area contributed by atoms with E-state index in [-0.39, 0.29) is 6.04 Å². The van der Waals surface area contributed by atoms with E-state index in [1.165, 1.54) is 12.0 Å². The maximum atomic E-state index is 12.3. The number of rotatable bonds is 4. The maximum Gasteiger partial charge on any atom is 0.411 e. The second-order valence-electron chi connectivity index (χ2n) is 5.68. The van der Waals surface area contributed by atoms with Crippen molar-refractivity contribution in [3.8, 4) is 0 Å². The highest BCUT2D eigenvalue weighted by Crippen LogP contribution is 2.22. The van der Waals surface area contributed by atoms with Gasteiger partial charge in [-0.05, 0) is 33.6 Å². The summed E-state index contributed by atoms with van der Waals surface area (Å²) in [4.78, 5) is 25.3. The molecule has 0 fully saturated rings. The largest absolute Gasteiger partial charge is 0.467 e. The molecule has 0 heterocycles. The molecule has 0 aliphatic heterocycles. The molecule has 114 valence electrons. The van der Waals surface area contributed by atoms with Crippen molar-refractivity contribution >= 4 is 12.1 Å². The smallest absolute Gasteiger partial charge is 0.411 e. The summed E-state index contributed by atoms with van der Waals surface area (Å²) in [6.07, 6.45) is 4.68. The second kappa shape index (κ2) is 6.74. The minimum atomic E-state index is -1.05. The van der Waals surface area contributed by atoms with Crippen LogP contribution in [-0.2, 0) is 14.3 Å². The van der Waals surface area contributed by atoms with E-state index in [9.17, 15) is 14.7 Å². The first-order valence-corrected chi connectivity index (χ1v) is 6.67. The summed E-state index contributed by atoms with van der Waals surface area (Å²) in [5, 5.41) is 9.43. The van der Waals surface area contributed by atoms with Gasteiger partial charge in [-0.15, -0.1) is 0 Å². The zero-order valence-corrected chi connectivity index (χ0v) is 12.5. The molecule has 2 atom stereocenters. The monoisotopic (exact) mass is 285 g/mol. The molecule has 6 heteroatoms. The molecule has 2 unspecified atom stereocenters. The summed E-state index contributed by atoms with van der Waals surface area (Å²) >= 11 is 0. The third-order valence-corrected chi connectivity index (χ3v) is 2.93. The Labute approximate surface area is 119 Å². The van der Waals surface area contributed by atoms with E-state index in [1.807, 2.05) is 12.2 Å². The molecule has 0 aromatic rings. The molecule has 1 N–H and O–H groups in total. The molecule has 0 aromatic carbocycles. The van der Waals surface area contributed by atoms with E-state index in [1.54, 1.807) is 20.8 Å². The Morgan fingerprint density at radius 3 is 2.50 bits per heavy atom. The van der Waals surface area contributed by atoms with Crippen LogP contribution >= 0.6 is 0 Å². The van der Waals surface area contributed by atoms with Crippen LogP contribution in [0.3, 0.4) is 0 Å². The Balaban J connectivity index is 2.97. The topological polar surface area (TPSA) is 76.1 Å². The Kier molecular flexibility index (Phi) is 5.56. The lowest BCUT2D eigenvalue weighted by molar-refractivity contribution is -0.149. The number of carbonyl (C=O) groups excluding carboxylic acids is 2. The van der Waals surface area contributed by atoms with Gasteiger partial charge < -0.3 is 14.6 Å². The van der Waals surface area contributed by atoms with Crippen molar-refractivity contribution in [3.63, 3.8) is 0 Å². The van der Waals surface area contributed by atoms with Crippen LogP contribution in [-0.4, -0.2) is 53.5 Å². The first kappa shape index (κ1) is 16.5. The number of aliphatic hydroxyl groups is 1. The highest BCUT2D eigenvalue weighted by Gasteiger charge is 2.37. The number of hydrogen-bond acceptors (Lipinski definition) is 5. The summed E-state index contributed by atoms with van der Waals surface area (Å²) < 4.78 is 9.98. The summed E-state index contributed by atoms with van der Waals surface area (Å²) in [7, 11) is 1.22. The second-order valence-corrected chi connectivity index (χ2v) is 5.68. The van der Waals surface area contributed by atoms with Gasteiger partial charge in [0.05, 0.1) is 19.8 Å². The van der Waals surface area contributed by atoms with Gasteiger partial charge in [0.25, 0.3) is 0 Å². The van der Waals surface area contributed by atoms with Crippen molar-refractivity contribution in [2.24, 2.45) is 0 Å². The molecule has 0 spiro atoms. The molecular formula is C14H23NO5. The highest BCUT2D eigenvalue weighted by molar-refractivity contribution is 5.82. The number of ether oxygens (including phenoxy) is 2. The van der Waals surface area contributed by atoms with Crippen molar-refractivity contribution in [2.75, 3.05) is 13.7 Å². The van der Waals surface area contributed by atoms with Gasteiger partial charge in [-0.3, -0.25) is 4.90 Å². The van der Waals surface area contributed by atoms with E-state index in [0.29, 0.717) is 6.42 Å².